The highest BCUT2D eigenvalue weighted by Gasteiger charge is 2.31. The topological polar surface area (TPSA) is 8.29 Å². The fourth-order valence-corrected chi connectivity index (χ4v) is 5.64. The maximum atomic E-state index is 2.52. The van der Waals surface area contributed by atoms with E-state index >= 15 is 0 Å². The van der Waals surface area contributed by atoms with E-state index in [0.29, 0.717) is 0 Å². The van der Waals surface area contributed by atoms with Crippen molar-refractivity contribution in [1.29, 1.82) is 0 Å². The maximum Gasteiger partial charge on any atom is 0.295 e. The molecule has 0 N–H and O–H groups in total. The van der Waals surface area contributed by atoms with E-state index in [2.05, 4.69) is 104 Å². The fourth-order valence-electron chi connectivity index (χ4n) is 5.64. The van der Waals surface area contributed by atoms with Crippen LogP contribution in [0.4, 0.5) is 0 Å². The quantitative estimate of drug-likeness (QED) is 0.222. The van der Waals surface area contributed by atoms with Crippen LogP contribution < -0.4 is 4.57 Å². The number of rotatable bonds is 2. The fraction of sp³-hybridized carbons (Fsp3) is 0.276. The van der Waals surface area contributed by atoms with Gasteiger partial charge in [0.15, 0.2) is 5.69 Å². The lowest BCUT2D eigenvalue weighted by molar-refractivity contribution is -0.657. The first-order valence-electron chi connectivity index (χ1n) is 11.3. The van der Waals surface area contributed by atoms with E-state index in [0.717, 1.165) is 13.0 Å². The first-order valence-corrected chi connectivity index (χ1v) is 11.3. The summed E-state index contributed by atoms with van der Waals surface area (Å²) < 4.78 is 4.96. The Morgan fingerprint density at radius 2 is 1.65 bits per heavy atom. The Hall–Kier alpha value is -3.13. The summed E-state index contributed by atoms with van der Waals surface area (Å²) >= 11 is 0. The molecule has 2 heteroatoms. The van der Waals surface area contributed by atoms with Crippen LogP contribution in [0.1, 0.15) is 43.0 Å². The summed E-state index contributed by atoms with van der Waals surface area (Å²) in [6.45, 7) is 12.4. The predicted molar refractivity (Wildman–Crippen MR) is 130 cm³/mol. The van der Waals surface area contributed by atoms with Gasteiger partial charge in [0.25, 0.3) is 5.65 Å². The zero-order valence-corrected chi connectivity index (χ0v) is 19.1. The molecule has 0 amide bonds. The number of aromatic nitrogens is 2. The highest BCUT2D eigenvalue weighted by atomic mass is 15.1. The van der Waals surface area contributed by atoms with Gasteiger partial charge in [0.2, 0.25) is 0 Å². The highest BCUT2D eigenvalue weighted by molar-refractivity contribution is 6.13. The Morgan fingerprint density at radius 1 is 0.903 bits per heavy atom. The average Bonchev–Trinajstić information content (AvgIpc) is 3.23. The van der Waals surface area contributed by atoms with Crippen LogP contribution in [-0.2, 0) is 13.0 Å². The Bertz CT molecular complexity index is 1510. The molecule has 0 saturated carbocycles. The summed E-state index contributed by atoms with van der Waals surface area (Å²) in [5, 5.41) is 4.16. The summed E-state index contributed by atoms with van der Waals surface area (Å²) in [6.07, 6.45) is 3.45. The molecule has 1 aliphatic heterocycles. The molecule has 0 atom stereocenters. The van der Waals surface area contributed by atoms with Crippen LogP contribution in [0, 0.1) is 19.3 Å². The molecule has 0 bridgehead atoms. The normalized spacial score (nSPS) is 13.3. The molecule has 2 aromatic heterocycles. The van der Waals surface area contributed by atoms with Crippen molar-refractivity contribution >= 4 is 27.3 Å². The molecule has 3 aromatic carbocycles. The number of pyridine rings is 1. The van der Waals surface area contributed by atoms with E-state index in [4.69, 9.17) is 0 Å². The summed E-state index contributed by atoms with van der Waals surface area (Å²) in [7, 11) is 0. The minimum Gasteiger partial charge on any atom is -0.225 e. The molecule has 6 rings (SSSR count). The third-order valence-corrected chi connectivity index (χ3v) is 6.78. The van der Waals surface area contributed by atoms with E-state index in [1.165, 1.54) is 60.8 Å². The van der Waals surface area contributed by atoms with Gasteiger partial charge < -0.3 is 0 Å². The average molecular weight is 406 g/mol. The summed E-state index contributed by atoms with van der Waals surface area (Å²) in [5.74, 6) is 0. The standard InChI is InChI=1S/C29H29N2/c1-18-8-6-9-19(2)26(18)25-17-30-16-21-10-7-11-22-23-14-20(15-29(3,4)5)12-13-24(23)31(25)28(30)27(21)22/h6-14,17H,15-16H2,1-5H3/q+1. The van der Waals surface area contributed by atoms with Gasteiger partial charge in [-0.05, 0) is 54.5 Å². The molecular weight excluding hydrogens is 376 g/mol. The van der Waals surface area contributed by atoms with Gasteiger partial charge in [-0.2, -0.15) is 4.40 Å². The first-order chi connectivity index (χ1) is 14.8. The van der Waals surface area contributed by atoms with E-state index in [1.807, 2.05) is 0 Å². The van der Waals surface area contributed by atoms with Gasteiger partial charge in [-0.25, -0.2) is 4.57 Å². The zero-order valence-electron chi connectivity index (χ0n) is 19.1. The van der Waals surface area contributed by atoms with Gasteiger partial charge in [-0.3, -0.25) is 0 Å². The molecule has 154 valence electrons. The summed E-state index contributed by atoms with van der Waals surface area (Å²) in [4.78, 5) is 0. The Morgan fingerprint density at radius 3 is 2.39 bits per heavy atom. The van der Waals surface area contributed by atoms with Crippen molar-refractivity contribution in [3.8, 4) is 11.3 Å². The van der Waals surface area contributed by atoms with E-state index in [9.17, 15) is 0 Å². The Kier molecular flexibility index (Phi) is 3.72. The minimum absolute atomic E-state index is 0.270. The van der Waals surface area contributed by atoms with Crippen molar-refractivity contribution < 1.29 is 4.57 Å². The molecule has 0 fully saturated rings. The number of aryl methyl sites for hydroxylation is 2. The lowest BCUT2D eigenvalue weighted by Crippen LogP contribution is -2.28. The van der Waals surface area contributed by atoms with Crippen LogP contribution in [0.25, 0.3) is 38.6 Å². The molecule has 1 aliphatic rings. The SMILES string of the molecule is Cc1cccc(C)c1-c1c[n+]2c3c4c(cccc4c4cc(CC(C)(C)C)ccc4n13)C2. The second-order valence-corrected chi connectivity index (χ2v) is 10.5. The molecule has 2 nitrogen and oxygen atoms in total. The highest BCUT2D eigenvalue weighted by Crippen LogP contribution is 2.39. The van der Waals surface area contributed by atoms with Crippen molar-refractivity contribution in [2.45, 2.75) is 47.6 Å². The molecule has 3 heterocycles. The maximum absolute atomic E-state index is 2.52. The Balaban J connectivity index is 1.79. The van der Waals surface area contributed by atoms with Crippen LogP contribution in [0.5, 0.6) is 0 Å². The molecule has 0 saturated heterocycles. The summed E-state index contributed by atoms with van der Waals surface area (Å²) in [5.41, 5.74) is 11.1. The molecule has 0 unspecified atom stereocenters. The van der Waals surface area contributed by atoms with Gasteiger partial charge in [-0.1, -0.05) is 63.2 Å². The van der Waals surface area contributed by atoms with E-state index in [1.54, 1.807) is 0 Å². The van der Waals surface area contributed by atoms with Crippen LogP contribution in [0.2, 0.25) is 0 Å². The second-order valence-electron chi connectivity index (χ2n) is 10.5. The third kappa shape index (κ3) is 2.67. The first kappa shape index (κ1) is 18.6. The molecule has 0 spiro atoms. The van der Waals surface area contributed by atoms with Crippen molar-refractivity contribution in [1.82, 2.24) is 4.40 Å². The second kappa shape index (κ2) is 6.20. The zero-order chi connectivity index (χ0) is 21.5. The van der Waals surface area contributed by atoms with Crippen molar-refractivity contribution in [3.63, 3.8) is 0 Å². The number of nitrogens with zero attached hydrogens (tertiary/aromatic N) is 2. The lowest BCUT2D eigenvalue weighted by atomic mass is 9.87. The largest absolute Gasteiger partial charge is 0.295 e. The monoisotopic (exact) mass is 405 g/mol. The van der Waals surface area contributed by atoms with Crippen molar-refractivity contribution in [2.75, 3.05) is 0 Å². The van der Waals surface area contributed by atoms with E-state index < -0.39 is 0 Å². The van der Waals surface area contributed by atoms with Gasteiger partial charge >= 0.3 is 0 Å². The third-order valence-electron chi connectivity index (χ3n) is 6.78. The molecule has 5 aromatic rings. The molecule has 0 aliphatic carbocycles. The van der Waals surface area contributed by atoms with Gasteiger partial charge in [-0.15, -0.1) is 0 Å². The Labute approximate surface area is 183 Å². The van der Waals surface area contributed by atoms with Crippen LogP contribution in [0.15, 0.2) is 60.8 Å². The van der Waals surface area contributed by atoms with Crippen LogP contribution in [-0.4, -0.2) is 4.40 Å². The minimum atomic E-state index is 0.270. The summed E-state index contributed by atoms with van der Waals surface area (Å²) in [6, 6.07) is 20.6. The van der Waals surface area contributed by atoms with Gasteiger partial charge in [0, 0.05) is 21.9 Å². The van der Waals surface area contributed by atoms with E-state index in [-0.39, 0.29) is 5.41 Å². The van der Waals surface area contributed by atoms with Crippen molar-refractivity contribution in [3.05, 3.63) is 83.0 Å². The molecule has 0 radical (unpaired) electrons. The van der Waals surface area contributed by atoms with Gasteiger partial charge in [0.1, 0.15) is 18.3 Å². The predicted octanol–water partition coefficient (Wildman–Crippen LogP) is 6.77. The molecular formula is C29H29N2+. The van der Waals surface area contributed by atoms with Gasteiger partial charge in [0.05, 0.1) is 5.39 Å². The number of benzene rings is 3. The number of imidazole rings is 1. The van der Waals surface area contributed by atoms with Crippen molar-refractivity contribution in [2.24, 2.45) is 5.41 Å². The number of fused-ring (bicyclic) bond motifs is 3. The van der Waals surface area contributed by atoms with Crippen LogP contribution in [0.3, 0.4) is 0 Å². The number of hydrogen-bond donors (Lipinski definition) is 0. The van der Waals surface area contributed by atoms with Crippen LogP contribution >= 0.6 is 0 Å². The smallest absolute Gasteiger partial charge is 0.225 e. The lowest BCUT2D eigenvalue weighted by Gasteiger charge is -2.18. The number of hydrogen-bond acceptors (Lipinski definition) is 0. The molecule has 31 heavy (non-hydrogen) atoms.